The third-order valence-electron chi connectivity index (χ3n) is 2.84. The number of hydrogen-bond donors (Lipinski definition) is 3. The summed E-state index contributed by atoms with van der Waals surface area (Å²) in [6.45, 7) is 0. The summed E-state index contributed by atoms with van der Waals surface area (Å²) < 4.78 is 2.66. The molecule has 5 heteroatoms. The van der Waals surface area contributed by atoms with Crippen molar-refractivity contribution in [1.29, 1.82) is 0 Å². The van der Waals surface area contributed by atoms with E-state index in [1.165, 1.54) is 11.9 Å². The second-order valence-electron chi connectivity index (χ2n) is 3.90. The predicted octanol–water partition coefficient (Wildman–Crippen LogP) is 2.76. The lowest BCUT2D eigenvalue weighted by atomic mass is 10.0. The van der Waals surface area contributed by atoms with Gasteiger partial charge in [0.15, 0.2) is 11.5 Å². The van der Waals surface area contributed by atoms with Crippen LogP contribution in [0.3, 0.4) is 0 Å². The monoisotopic (exact) mass is 259 g/mol. The Kier molecular flexibility index (Phi) is 2.41. The first-order valence-corrected chi connectivity index (χ1v) is 6.11. The first-order chi connectivity index (χ1) is 8.68. The highest BCUT2D eigenvalue weighted by atomic mass is 32.2. The molecule has 0 aromatic heterocycles. The van der Waals surface area contributed by atoms with Crippen molar-refractivity contribution >= 4 is 34.4 Å². The molecule has 1 aliphatic rings. The molecule has 0 radical (unpaired) electrons. The molecular formula is C13H9NO3S. The highest BCUT2D eigenvalue weighted by Gasteiger charge is 2.24. The zero-order valence-corrected chi connectivity index (χ0v) is 9.99. The molecule has 3 rings (SSSR count). The van der Waals surface area contributed by atoms with Crippen LogP contribution in [0.4, 0.5) is 0 Å². The van der Waals surface area contributed by atoms with Gasteiger partial charge in [-0.1, -0.05) is 30.3 Å². The first-order valence-electron chi connectivity index (χ1n) is 5.30. The van der Waals surface area contributed by atoms with Crippen LogP contribution in [-0.4, -0.2) is 16.2 Å². The molecule has 2 aromatic carbocycles. The molecule has 4 nitrogen and oxygen atoms in total. The van der Waals surface area contributed by atoms with Gasteiger partial charge in [-0.2, -0.15) is 0 Å². The van der Waals surface area contributed by atoms with Crippen LogP contribution in [0.1, 0.15) is 5.56 Å². The van der Waals surface area contributed by atoms with Gasteiger partial charge in [0.05, 0.1) is 0 Å². The van der Waals surface area contributed by atoms with Crippen LogP contribution in [0.2, 0.25) is 0 Å². The Morgan fingerprint density at radius 1 is 1.17 bits per heavy atom. The second kappa shape index (κ2) is 3.96. The summed E-state index contributed by atoms with van der Waals surface area (Å²) >= 11 is 1.21. The molecule has 0 aliphatic carbocycles. The molecule has 0 unspecified atom stereocenters. The van der Waals surface area contributed by atoms with Crippen molar-refractivity contribution in [3.63, 3.8) is 0 Å². The number of hydrogen-bond acceptors (Lipinski definition) is 4. The van der Waals surface area contributed by atoms with Gasteiger partial charge in [0.25, 0.3) is 0 Å². The Balaban J connectivity index is 2.30. The maximum absolute atomic E-state index is 10.9. The number of rotatable bonds is 1. The van der Waals surface area contributed by atoms with Crippen LogP contribution in [0.5, 0.6) is 0 Å². The van der Waals surface area contributed by atoms with Gasteiger partial charge in [-0.05, 0) is 28.8 Å². The minimum absolute atomic E-state index is 0.178. The fourth-order valence-corrected chi connectivity index (χ4v) is 2.93. The normalized spacial score (nSPS) is 14.2. The van der Waals surface area contributed by atoms with Crippen molar-refractivity contribution in [1.82, 2.24) is 4.72 Å². The lowest BCUT2D eigenvalue weighted by Gasteiger charge is -2.19. The number of aliphatic hydroxyl groups is 1. The summed E-state index contributed by atoms with van der Waals surface area (Å²) in [4.78, 5) is 11.8. The van der Waals surface area contributed by atoms with Crippen molar-refractivity contribution in [2.45, 2.75) is 4.90 Å². The van der Waals surface area contributed by atoms with E-state index in [1.807, 2.05) is 30.3 Å². The molecular weight excluding hydrogens is 250 g/mol. The van der Waals surface area contributed by atoms with Crippen molar-refractivity contribution in [3.05, 3.63) is 47.7 Å². The lowest BCUT2D eigenvalue weighted by Crippen LogP contribution is -2.19. The van der Waals surface area contributed by atoms with Crippen LogP contribution >= 0.6 is 11.9 Å². The highest BCUT2D eigenvalue weighted by Crippen LogP contribution is 2.37. The molecule has 0 atom stereocenters. The molecule has 0 saturated heterocycles. The number of benzene rings is 2. The van der Waals surface area contributed by atoms with Crippen LogP contribution in [0.15, 0.2) is 47.0 Å². The minimum Gasteiger partial charge on any atom is -0.505 e. The number of nitrogens with one attached hydrogen (secondary N) is 1. The van der Waals surface area contributed by atoms with Crippen LogP contribution in [0.25, 0.3) is 16.5 Å². The zero-order chi connectivity index (χ0) is 12.7. The third kappa shape index (κ3) is 1.52. The van der Waals surface area contributed by atoms with E-state index < -0.39 is 5.97 Å². The van der Waals surface area contributed by atoms with E-state index in [9.17, 15) is 9.90 Å². The molecule has 3 N–H and O–H groups in total. The molecule has 0 bridgehead atoms. The fourth-order valence-electron chi connectivity index (χ4n) is 1.97. The second-order valence-corrected chi connectivity index (χ2v) is 4.71. The van der Waals surface area contributed by atoms with Crippen molar-refractivity contribution in [2.75, 3.05) is 0 Å². The van der Waals surface area contributed by atoms with Crippen molar-refractivity contribution in [3.8, 4) is 0 Å². The SMILES string of the molecule is O=C(O)C1=C(O)c2ccc3ccccc3c2SN1. The molecule has 1 aliphatic heterocycles. The molecule has 0 amide bonds. The average molecular weight is 259 g/mol. The number of carboxylic acid groups (broad SMARTS) is 1. The molecule has 1 heterocycles. The summed E-state index contributed by atoms with van der Waals surface area (Å²) in [6, 6.07) is 11.4. The Bertz CT molecular complexity index is 694. The first kappa shape index (κ1) is 11.0. The maximum atomic E-state index is 10.9. The molecule has 90 valence electrons. The summed E-state index contributed by atoms with van der Waals surface area (Å²) in [7, 11) is 0. The smallest absolute Gasteiger partial charge is 0.356 e. The number of carbonyl (C=O) groups is 1. The number of fused-ring (bicyclic) bond motifs is 3. The van der Waals surface area contributed by atoms with E-state index in [0.717, 1.165) is 15.7 Å². The number of aliphatic hydroxyl groups excluding tert-OH is 1. The summed E-state index contributed by atoms with van der Waals surface area (Å²) in [6.07, 6.45) is 0. The summed E-state index contributed by atoms with van der Waals surface area (Å²) in [5, 5.41) is 21.0. The predicted molar refractivity (Wildman–Crippen MR) is 70.1 cm³/mol. The minimum atomic E-state index is -1.17. The molecule has 0 fully saturated rings. The lowest BCUT2D eigenvalue weighted by molar-refractivity contribution is -0.132. The fraction of sp³-hybridized carbons (Fsp3) is 0. The molecule has 0 spiro atoms. The molecule has 18 heavy (non-hydrogen) atoms. The number of carboxylic acids is 1. The van der Waals surface area contributed by atoms with Crippen LogP contribution < -0.4 is 4.72 Å². The molecule has 0 saturated carbocycles. The molecule has 2 aromatic rings. The summed E-state index contributed by atoms with van der Waals surface area (Å²) in [5.74, 6) is -1.39. The van der Waals surface area contributed by atoms with Crippen molar-refractivity contribution < 1.29 is 15.0 Å². The van der Waals surface area contributed by atoms with Gasteiger partial charge in [0.2, 0.25) is 0 Å². The summed E-state index contributed by atoms with van der Waals surface area (Å²) in [5.41, 5.74) is 0.373. The van der Waals surface area contributed by atoms with Gasteiger partial charge in [-0.15, -0.1) is 0 Å². The Hall–Kier alpha value is -2.14. The average Bonchev–Trinajstić information content (AvgIpc) is 2.38. The highest BCUT2D eigenvalue weighted by molar-refractivity contribution is 7.98. The van der Waals surface area contributed by atoms with Gasteiger partial charge >= 0.3 is 5.97 Å². The van der Waals surface area contributed by atoms with E-state index in [4.69, 9.17) is 5.11 Å². The van der Waals surface area contributed by atoms with E-state index in [1.54, 1.807) is 6.07 Å². The Morgan fingerprint density at radius 3 is 2.72 bits per heavy atom. The van der Waals surface area contributed by atoms with Gasteiger partial charge in [0, 0.05) is 10.5 Å². The van der Waals surface area contributed by atoms with E-state index >= 15 is 0 Å². The van der Waals surface area contributed by atoms with Gasteiger partial charge in [0.1, 0.15) is 0 Å². The van der Waals surface area contributed by atoms with Gasteiger partial charge in [-0.3, -0.25) is 0 Å². The van der Waals surface area contributed by atoms with E-state index in [2.05, 4.69) is 4.72 Å². The zero-order valence-electron chi connectivity index (χ0n) is 9.18. The van der Waals surface area contributed by atoms with Gasteiger partial charge in [-0.25, -0.2) is 4.79 Å². The van der Waals surface area contributed by atoms with Crippen LogP contribution in [-0.2, 0) is 4.79 Å². The van der Waals surface area contributed by atoms with E-state index in [0.29, 0.717) is 5.56 Å². The number of aliphatic carboxylic acids is 1. The van der Waals surface area contributed by atoms with E-state index in [-0.39, 0.29) is 11.5 Å². The standard InChI is InChI=1S/C13H9NO3S/c15-11-9-6-5-7-3-1-2-4-8(7)12(9)18-14-10(11)13(16)17/h1-6,14-15H,(H,16,17). The Labute approximate surface area is 107 Å². The topological polar surface area (TPSA) is 69.6 Å². The maximum Gasteiger partial charge on any atom is 0.356 e. The largest absolute Gasteiger partial charge is 0.505 e. The van der Waals surface area contributed by atoms with Gasteiger partial charge < -0.3 is 14.9 Å². The Morgan fingerprint density at radius 2 is 1.94 bits per heavy atom. The van der Waals surface area contributed by atoms with Crippen molar-refractivity contribution in [2.24, 2.45) is 0 Å². The van der Waals surface area contributed by atoms with Crippen LogP contribution in [0, 0.1) is 0 Å². The quantitative estimate of drug-likeness (QED) is 0.687. The third-order valence-corrected chi connectivity index (χ3v) is 3.79.